The number of nitrogens with zero attached hydrogens (tertiary/aromatic N) is 1. The number of hydrogen-bond donors (Lipinski definition) is 2. The summed E-state index contributed by atoms with van der Waals surface area (Å²) in [7, 11) is 1.51. The van der Waals surface area contributed by atoms with Gasteiger partial charge in [-0.05, 0) is 36.2 Å². The summed E-state index contributed by atoms with van der Waals surface area (Å²) in [6.45, 7) is 1.54. The summed E-state index contributed by atoms with van der Waals surface area (Å²) in [4.78, 5) is 39.3. The Morgan fingerprint density at radius 1 is 1.20 bits per heavy atom. The Balaban J connectivity index is 1.80. The summed E-state index contributed by atoms with van der Waals surface area (Å²) in [5, 5.41) is 5.40. The van der Waals surface area contributed by atoms with Crippen LogP contribution in [0.2, 0.25) is 0 Å². The van der Waals surface area contributed by atoms with Crippen molar-refractivity contribution in [1.82, 2.24) is 10.2 Å². The predicted molar refractivity (Wildman–Crippen MR) is 109 cm³/mol. The molecule has 1 saturated heterocycles. The van der Waals surface area contributed by atoms with Gasteiger partial charge in [-0.3, -0.25) is 14.5 Å². The Hall–Kier alpha value is -3.42. The minimum Gasteiger partial charge on any atom is -0.497 e. The molecule has 0 bridgehead atoms. The van der Waals surface area contributed by atoms with Gasteiger partial charge >= 0.3 is 6.03 Å². The minimum atomic E-state index is -1.31. The average molecular weight is 413 g/mol. The van der Waals surface area contributed by atoms with Crippen molar-refractivity contribution in [3.8, 4) is 5.75 Å². The van der Waals surface area contributed by atoms with Gasteiger partial charge in [0, 0.05) is 11.8 Å². The van der Waals surface area contributed by atoms with Crippen LogP contribution in [0.5, 0.6) is 5.75 Å². The highest BCUT2D eigenvalue weighted by molar-refractivity contribution is 6.10. The number of carbonyl (C=O) groups excluding carboxylic acids is 3. The number of amides is 4. The Bertz CT molecular complexity index is 948. The molecule has 3 rings (SSSR count). The third kappa shape index (κ3) is 4.27. The van der Waals surface area contributed by atoms with Gasteiger partial charge in [-0.15, -0.1) is 0 Å². The standard InChI is InChI=1S/C22H24FN3O4/c1-3-4-12-22(15-8-10-16(23)11-9-15)20(28)26(21(29)25-22)14-19(27)24-17-6-5-7-18(13-17)30-2/h5-11,13H,3-4,12,14H2,1-2H3,(H,24,27)(H,25,29)/t22-/m0/s1. The van der Waals surface area contributed by atoms with Crippen LogP contribution in [0.3, 0.4) is 0 Å². The molecule has 0 unspecified atom stereocenters. The number of ether oxygens (including phenoxy) is 1. The Kier molecular flexibility index (Phi) is 6.34. The average Bonchev–Trinajstić information content (AvgIpc) is 2.98. The Labute approximate surface area is 174 Å². The van der Waals surface area contributed by atoms with Crippen LogP contribution in [0.25, 0.3) is 0 Å². The number of anilines is 1. The number of unbranched alkanes of at least 4 members (excludes halogenated alkanes) is 1. The second-order valence-electron chi connectivity index (χ2n) is 7.12. The number of hydrogen-bond acceptors (Lipinski definition) is 4. The van der Waals surface area contributed by atoms with E-state index in [1.165, 1.54) is 31.4 Å². The van der Waals surface area contributed by atoms with Gasteiger partial charge in [0.25, 0.3) is 5.91 Å². The number of carbonyl (C=O) groups is 3. The number of halogens is 1. The van der Waals surface area contributed by atoms with Crippen molar-refractivity contribution in [3.63, 3.8) is 0 Å². The molecule has 2 aromatic carbocycles. The van der Waals surface area contributed by atoms with Gasteiger partial charge in [-0.2, -0.15) is 0 Å². The van der Waals surface area contributed by atoms with E-state index < -0.39 is 35.7 Å². The van der Waals surface area contributed by atoms with E-state index >= 15 is 0 Å². The third-order valence-corrected chi connectivity index (χ3v) is 5.07. The number of urea groups is 1. The van der Waals surface area contributed by atoms with Gasteiger partial charge in [0.05, 0.1) is 7.11 Å². The number of nitrogens with one attached hydrogen (secondary N) is 2. The van der Waals surface area contributed by atoms with Crippen molar-refractivity contribution in [2.45, 2.75) is 31.7 Å². The fourth-order valence-electron chi connectivity index (χ4n) is 3.50. The maximum atomic E-state index is 13.4. The number of rotatable bonds is 8. The van der Waals surface area contributed by atoms with E-state index in [0.717, 1.165) is 11.3 Å². The molecule has 30 heavy (non-hydrogen) atoms. The van der Waals surface area contributed by atoms with Crippen LogP contribution in [0.4, 0.5) is 14.9 Å². The smallest absolute Gasteiger partial charge is 0.325 e. The summed E-state index contributed by atoms with van der Waals surface area (Å²) in [6, 6.07) is 11.6. The largest absolute Gasteiger partial charge is 0.497 e. The first-order valence-corrected chi connectivity index (χ1v) is 9.73. The topological polar surface area (TPSA) is 87.7 Å². The SMILES string of the molecule is CCCC[C@@]1(c2ccc(F)cc2)NC(=O)N(CC(=O)Nc2cccc(OC)c2)C1=O. The van der Waals surface area contributed by atoms with E-state index in [0.29, 0.717) is 29.8 Å². The highest BCUT2D eigenvalue weighted by Crippen LogP contribution is 2.34. The van der Waals surface area contributed by atoms with Crippen LogP contribution in [-0.2, 0) is 15.1 Å². The van der Waals surface area contributed by atoms with Crippen molar-refractivity contribution >= 4 is 23.5 Å². The molecule has 2 aromatic rings. The van der Waals surface area contributed by atoms with Crippen molar-refractivity contribution in [3.05, 3.63) is 59.9 Å². The highest BCUT2D eigenvalue weighted by atomic mass is 19.1. The van der Waals surface area contributed by atoms with Crippen molar-refractivity contribution < 1.29 is 23.5 Å². The zero-order valence-electron chi connectivity index (χ0n) is 16.9. The second kappa shape index (κ2) is 8.94. The van der Waals surface area contributed by atoms with Crippen LogP contribution in [0, 0.1) is 5.82 Å². The molecule has 1 atom stereocenters. The van der Waals surface area contributed by atoms with Gasteiger partial charge in [-0.1, -0.05) is 38.0 Å². The molecule has 0 spiro atoms. The van der Waals surface area contributed by atoms with E-state index in [1.807, 2.05) is 6.92 Å². The maximum absolute atomic E-state index is 13.4. The molecule has 158 valence electrons. The molecule has 0 aromatic heterocycles. The van der Waals surface area contributed by atoms with Crippen LogP contribution >= 0.6 is 0 Å². The number of imide groups is 1. The zero-order chi connectivity index (χ0) is 21.7. The summed E-state index contributed by atoms with van der Waals surface area (Å²) in [5.41, 5.74) is -0.328. The van der Waals surface area contributed by atoms with E-state index in [9.17, 15) is 18.8 Å². The molecule has 1 fully saturated rings. The van der Waals surface area contributed by atoms with E-state index in [2.05, 4.69) is 10.6 Å². The van der Waals surface area contributed by atoms with Crippen molar-refractivity contribution in [1.29, 1.82) is 0 Å². The van der Waals surface area contributed by atoms with Crippen LogP contribution in [0.15, 0.2) is 48.5 Å². The van der Waals surface area contributed by atoms with E-state index in [-0.39, 0.29) is 0 Å². The van der Waals surface area contributed by atoms with E-state index in [4.69, 9.17) is 4.74 Å². The van der Waals surface area contributed by atoms with Gasteiger partial charge in [0.1, 0.15) is 23.7 Å². The number of benzene rings is 2. The first-order valence-electron chi connectivity index (χ1n) is 9.73. The van der Waals surface area contributed by atoms with Crippen LogP contribution in [-0.4, -0.2) is 36.4 Å². The zero-order valence-corrected chi connectivity index (χ0v) is 16.9. The summed E-state index contributed by atoms with van der Waals surface area (Å²) < 4.78 is 18.5. The number of methoxy groups -OCH3 is 1. The Morgan fingerprint density at radius 3 is 2.60 bits per heavy atom. The molecule has 1 aliphatic heterocycles. The van der Waals surface area contributed by atoms with E-state index in [1.54, 1.807) is 24.3 Å². The predicted octanol–water partition coefficient (Wildman–Crippen LogP) is 3.41. The molecular weight excluding hydrogens is 389 g/mol. The van der Waals surface area contributed by atoms with Crippen molar-refractivity contribution in [2.24, 2.45) is 0 Å². The fraction of sp³-hybridized carbons (Fsp3) is 0.318. The van der Waals surface area contributed by atoms with Crippen LogP contribution < -0.4 is 15.4 Å². The lowest BCUT2D eigenvalue weighted by Crippen LogP contribution is -2.44. The fourth-order valence-corrected chi connectivity index (χ4v) is 3.50. The molecular formula is C22H24FN3O4. The molecule has 4 amide bonds. The van der Waals surface area contributed by atoms with Gasteiger partial charge in [-0.25, -0.2) is 9.18 Å². The normalized spacial score (nSPS) is 18.3. The molecule has 2 N–H and O–H groups in total. The summed E-state index contributed by atoms with van der Waals surface area (Å²) >= 11 is 0. The van der Waals surface area contributed by atoms with Gasteiger partial charge < -0.3 is 15.4 Å². The quantitative estimate of drug-likeness (QED) is 0.650. The molecule has 0 aliphatic carbocycles. The van der Waals surface area contributed by atoms with Gasteiger partial charge in [0.15, 0.2) is 0 Å². The Morgan fingerprint density at radius 2 is 1.93 bits per heavy atom. The lowest BCUT2D eigenvalue weighted by atomic mass is 9.85. The maximum Gasteiger partial charge on any atom is 0.325 e. The van der Waals surface area contributed by atoms with Crippen molar-refractivity contribution in [2.75, 3.05) is 19.0 Å². The highest BCUT2D eigenvalue weighted by Gasteiger charge is 2.52. The molecule has 7 nitrogen and oxygen atoms in total. The summed E-state index contributed by atoms with van der Waals surface area (Å²) in [6.07, 6.45) is 1.84. The molecule has 0 radical (unpaired) electrons. The molecule has 1 heterocycles. The van der Waals surface area contributed by atoms with Crippen LogP contribution in [0.1, 0.15) is 31.7 Å². The lowest BCUT2D eigenvalue weighted by molar-refractivity contribution is -0.134. The first-order chi connectivity index (χ1) is 14.4. The third-order valence-electron chi connectivity index (χ3n) is 5.07. The van der Waals surface area contributed by atoms with Gasteiger partial charge in [0.2, 0.25) is 5.91 Å². The summed E-state index contributed by atoms with van der Waals surface area (Å²) in [5.74, 6) is -0.904. The minimum absolute atomic E-state index is 0.355. The monoisotopic (exact) mass is 413 g/mol. The molecule has 0 saturated carbocycles. The second-order valence-corrected chi connectivity index (χ2v) is 7.12. The first kappa shape index (κ1) is 21.3. The lowest BCUT2D eigenvalue weighted by Gasteiger charge is -2.27. The molecule has 1 aliphatic rings. The molecule has 8 heteroatoms.